The molecule has 3 N–H and O–H groups in total. The minimum Gasteiger partial charge on any atom is -0.478 e. The quantitative estimate of drug-likeness (QED) is 0.403. The van der Waals surface area contributed by atoms with Crippen molar-refractivity contribution >= 4 is 5.97 Å². The van der Waals surface area contributed by atoms with Crippen molar-refractivity contribution in [3.8, 4) is 0 Å². The second-order valence-corrected chi connectivity index (χ2v) is 2.35. The average Bonchev–Trinajstić information content (AvgIpc) is 1.86. The van der Waals surface area contributed by atoms with Crippen molar-refractivity contribution in [1.82, 2.24) is 0 Å². The highest BCUT2D eigenvalue weighted by Gasteiger charge is 2.30. The number of carbonyl (C=O) groups is 1. The van der Waals surface area contributed by atoms with Crippen LogP contribution < -0.4 is 0 Å². The van der Waals surface area contributed by atoms with Crippen LogP contribution in [0.25, 0.3) is 0 Å². The molecule has 0 saturated heterocycles. The van der Waals surface area contributed by atoms with Crippen molar-refractivity contribution in [1.29, 1.82) is 0 Å². The van der Waals surface area contributed by atoms with Gasteiger partial charge in [0.05, 0.1) is 5.57 Å². The molecular formula is C7H12O4. The molecule has 64 valence electrons. The Balaban J connectivity index is 4.29. The van der Waals surface area contributed by atoms with E-state index in [2.05, 4.69) is 6.58 Å². The first-order valence-corrected chi connectivity index (χ1v) is 3.29. The molecule has 0 aliphatic heterocycles. The van der Waals surface area contributed by atoms with Crippen LogP contribution in [0.3, 0.4) is 0 Å². The molecule has 0 rings (SSSR count). The van der Waals surface area contributed by atoms with Gasteiger partial charge in [-0.15, -0.1) is 0 Å². The van der Waals surface area contributed by atoms with E-state index in [9.17, 15) is 4.79 Å². The summed E-state index contributed by atoms with van der Waals surface area (Å²) in [5.41, 5.74) is -0.584. The monoisotopic (exact) mass is 160 g/mol. The smallest absolute Gasteiger partial charge is 0.336 e. The molecule has 0 unspecified atom stereocenters. The Morgan fingerprint density at radius 1 is 1.55 bits per heavy atom. The highest BCUT2D eigenvalue weighted by molar-refractivity contribution is 5.87. The molecule has 4 nitrogen and oxygen atoms in total. The van der Waals surface area contributed by atoms with Crippen molar-refractivity contribution < 1.29 is 20.1 Å². The molecule has 0 aliphatic carbocycles. The lowest BCUT2D eigenvalue weighted by Gasteiger charge is -2.20. The fraction of sp³-hybridized carbons (Fsp3) is 0.571. The second-order valence-electron chi connectivity index (χ2n) is 2.35. The Morgan fingerprint density at radius 3 is 2.27 bits per heavy atom. The number of aliphatic carboxylic acids is 1. The Labute approximate surface area is 64.8 Å². The van der Waals surface area contributed by atoms with Gasteiger partial charge in [-0.05, 0) is 0 Å². The van der Waals surface area contributed by atoms with E-state index in [1.165, 1.54) is 0 Å². The maximum atomic E-state index is 10.2. The van der Waals surface area contributed by atoms with Gasteiger partial charge >= 0.3 is 5.97 Å². The van der Waals surface area contributed by atoms with E-state index in [4.69, 9.17) is 15.3 Å². The van der Waals surface area contributed by atoms with Crippen LogP contribution in [0.4, 0.5) is 0 Å². The first-order valence-electron chi connectivity index (χ1n) is 3.29. The predicted octanol–water partition coefficient (Wildman–Crippen LogP) is 0.108. The number of carboxylic acid groups (broad SMARTS) is 1. The van der Waals surface area contributed by atoms with Crippen LogP contribution in [0.15, 0.2) is 12.2 Å². The van der Waals surface area contributed by atoms with Gasteiger partial charge in [-0.2, -0.15) is 0 Å². The third-order valence-corrected chi connectivity index (χ3v) is 1.34. The standard InChI is InChI=1S/C7H12O4/c1-3-4-7(10,11)5(2)6(8)9/h10-11H,2-4H2,1H3,(H,8,9). The third kappa shape index (κ3) is 2.69. The average molecular weight is 160 g/mol. The Bertz CT molecular complexity index is 171. The van der Waals surface area contributed by atoms with Crippen molar-refractivity contribution in [3.05, 3.63) is 12.2 Å². The lowest BCUT2D eigenvalue weighted by Crippen LogP contribution is -2.33. The van der Waals surface area contributed by atoms with Crippen LogP contribution in [0.1, 0.15) is 19.8 Å². The third-order valence-electron chi connectivity index (χ3n) is 1.34. The fourth-order valence-electron chi connectivity index (χ4n) is 0.671. The molecule has 0 atom stereocenters. The molecule has 0 amide bonds. The van der Waals surface area contributed by atoms with Gasteiger partial charge in [0, 0.05) is 6.42 Å². The molecule has 0 heterocycles. The topological polar surface area (TPSA) is 77.8 Å². The molecule has 0 radical (unpaired) electrons. The number of carboxylic acids is 1. The normalized spacial score (nSPS) is 11.2. The molecule has 0 fully saturated rings. The molecule has 0 saturated carbocycles. The Morgan fingerprint density at radius 2 is 2.00 bits per heavy atom. The van der Waals surface area contributed by atoms with E-state index in [0.29, 0.717) is 6.42 Å². The predicted molar refractivity (Wildman–Crippen MR) is 38.9 cm³/mol. The van der Waals surface area contributed by atoms with Gasteiger partial charge in [-0.25, -0.2) is 4.79 Å². The summed E-state index contributed by atoms with van der Waals surface area (Å²) in [5.74, 6) is -3.65. The first-order chi connectivity index (χ1) is 4.91. The molecule has 0 bridgehead atoms. The highest BCUT2D eigenvalue weighted by atomic mass is 16.5. The summed E-state index contributed by atoms with van der Waals surface area (Å²) >= 11 is 0. The zero-order valence-corrected chi connectivity index (χ0v) is 6.37. The molecular weight excluding hydrogens is 148 g/mol. The summed E-state index contributed by atoms with van der Waals surface area (Å²) < 4.78 is 0. The van der Waals surface area contributed by atoms with Crippen LogP contribution in [-0.2, 0) is 4.79 Å². The van der Waals surface area contributed by atoms with Gasteiger partial charge in [0.2, 0.25) is 0 Å². The van der Waals surface area contributed by atoms with E-state index in [-0.39, 0.29) is 6.42 Å². The zero-order valence-electron chi connectivity index (χ0n) is 6.37. The minimum atomic E-state index is -2.26. The van der Waals surface area contributed by atoms with Crippen LogP contribution in [0.2, 0.25) is 0 Å². The van der Waals surface area contributed by atoms with Crippen LogP contribution >= 0.6 is 0 Å². The van der Waals surface area contributed by atoms with Gasteiger partial charge in [0.1, 0.15) is 0 Å². The van der Waals surface area contributed by atoms with Crippen molar-refractivity contribution in [2.45, 2.75) is 25.6 Å². The SMILES string of the molecule is C=C(C(=O)O)C(O)(O)CCC. The number of hydrogen-bond donors (Lipinski definition) is 3. The van der Waals surface area contributed by atoms with Gasteiger partial charge in [0.15, 0.2) is 5.79 Å². The molecule has 0 aromatic rings. The summed E-state index contributed by atoms with van der Waals surface area (Å²) in [5, 5.41) is 26.4. The van der Waals surface area contributed by atoms with Gasteiger partial charge in [-0.3, -0.25) is 0 Å². The Kier molecular flexibility index (Phi) is 3.22. The summed E-state index contributed by atoms with van der Waals surface area (Å²) in [4.78, 5) is 10.2. The molecule has 0 aromatic heterocycles. The fourth-order valence-corrected chi connectivity index (χ4v) is 0.671. The molecule has 0 aliphatic rings. The van der Waals surface area contributed by atoms with Crippen molar-refractivity contribution in [3.63, 3.8) is 0 Å². The zero-order chi connectivity index (χ0) is 9.07. The minimum absolute atomic E-state index is 0.0157. The van der Waals surface area contributed by atoms with Gasteiger partial charge < -0.3 is 15.3 Å². The maximum Gasteiger partial charge on any atom is 0.336 e. The summed E-state index contributed by atoms with van der Waals surface area (Å²) in [6, 6.07) is 0. The largest absolute Gasteiger partial charge is 0.478 e. The van der Waals surface area contributed by atoms with E-state index < -0.39 is 17.3 Å². The summed E-state index contributed by atoms with van der Waals surface area (Å²) in [6.07, 6.45) is 0.470. The molecule has 0 spiro atoms. The first kappa shape index (κ1) is 10.1. The van der Waals surface area contributed by atoms with Crippen molar-refractivity contribution in [2.24, 2.45) is 0 Å². The summed E-state index contributed by atoms with van der Waals surface area (Å²) in [7, 11) is 0. The Hall–Kier alpha value is -0.870. The van der Waals surface area contributed by atoms with Crippen molar-refractivity contribution in [2.75, 3.05) is 0 Å². The number of aliphatic hydroxyl groups is 2. The van der Waals surface area contributed by atoms with E-state index in [1.54, 1.807) is 6.92 Å². The maximum absolute atomic E-state index is 10.2. The molecule has 11 heavy (non-hydrogen) atoms. The van der Waals surface area contributed by atoms with Crippen LogP contribution in [0.5, 0.6) is 0 Å². The van der Waals surface area contributed by atoms with E-state index >= 15 is 0 Å². The molecule has 0 aromatic carbocycles. The van der Waals surface area contributed by atoms with Crippen LogP contribution in [-0.4, -0.2) is 27.1 Å². The number of hydrogen-bond acceptors (Lipinski definition) is 3. The van der Waals surface area contributed by atoms with Gasteiger partial charge in [0.25, 0.3) is 0 Å². The molecule has 4 heteroatoms. The van der Waals surface area contributed by atoms with E-state index in [1.807, 2.05) is 0 Å². The van der Waals surface area contributed by atoms with E-state index in [0.717, 1.165) is 0 Å². The second kappa shape index (κ2) is 3.50. The van der Waals surface area contributed by atoms with Crippen LogP contribution in [0, 0.1) is 0 Å². The van der Waals surface area contributed by atoms with Gasteiger partial charge in [-0.1, -0.05) is 19.9 Å². The lowest BCUT2D eigenvalue weighted by molar-refractivity contribution is -0.155. The summed E-state index contributed by atoms with van der Waals surface area (Å²) in [6.45, 7) is 4.76. The highest BCUT2D eigenvalue weighted by Crippen LogP contribution is 2.17. The number of rotatable bonds is 4. The lowest BCUT2D eigenvalue weighted by atomic mass is 10.0.